The van der Waals surface area contributed by atoms with Crippen LogP contribution in [0.15, 0.2) is 29.1 Å². The molecule has 0 atom stereocenters. The van der Waals surface area contributed by atoms with Gasteiger partial charge >= 0.3 is 0 Å². The number of ether oxygens (including phenoxy) is 1. The van der Waals surface area contributed by atoms with E-state index in [1.165, 1.54) is 10.6 Å². The summed E-state index contributed by atoms with van der Waals surface area (Å²) in [7, 11) is 0. The van der Waals surface area contributed by atoms with E-state index in [1.807, 2.05) is 13.8 Å². The molecule has 1 aromatic heterocycles. The molecule has 1 saturated heterocycles. The van der Waals surface area contributed by atoms with Gasteiger partial charge in [-0.1, -0.05) is 37.0 Å². The Bertz CT molecular complexity index is 1170. The lowest BCUT2D eigenvalue weighted by atomic mass is 9.75. The quantitative estimate of drug-likeness (QED) is 0.604. The monoisotopic (exact) mass is 505 g/mol. The molecular weight excluding hydrogens is 477 g/mol. The Balaban J connectivity index is 1.65. The summed E-state index contributed by atoms with van der Waals surface area (Å²) in [6, 6.07) is 6.32. The molecule has 1 amide bonds. The van der Waals surface area contributed by atoms with Gasteiger partial charge in [-0.05, 0) is 49.1 Å². The third-order valence-electron chi connectivity index (χ3n) is 6.33. The van der Waals surface area contributed by atoms with Gasteiger partial charge < -0.3 is 10.1 Å². The SMILES string of the molecule is CC1(C)CC(=O)c2cc(C(=O)NCCCN3CCOCC3)c(=O)n(-c3ccc(Cl)c(Cl)c3)c2C1. The van der Waals surface area contributed by atoms with Crippen LogP contribution in [0.3, 0.4) is 0 Å². The van der Waals surface area contributed by atoms with Gasteiger partial charge in [-0.2, -0.15) is 0 Å². The number of pyridine rings is 1. The van der Waals surface area contributed by atoms with Gasteiger partial charge in [0.2, 0.25) is 0 Å². The van der Waals surface area contributed by atoms with Crippen LogP contribution in [0.4, 0.5) is 0 Å². The first-order chi connectivity index (χ1) is 16.2. The molecule has 2 aromatic rings. The van der Waals surface area contributed by atoms with Crippen LogP contribution in [-0.4, -0.2) is 60.6 Å². The molecule has 1 fully saturated rings. The molecule has 1 N–H and O–H groups in total. The highest BCUT2D eigenvalue weighted by molar-refractivity contribution is 6.42. The first-order valence-corrected chi connectivity index (χ1v) is 12.3. The van der Waals surface area contributed by atoms with E-state index in [1.54, 1.807) is 18.2 Å². The maximum absolute atomic E-state index is 13.6. The number of ketones is 1. The second kappa shape index (κ2) is 10.2. The summed E-state index contributed by atoms with van der Waals surface area (Å²) in [4.78, 5) is 41.9. The lowest BCUT2D eigenvalue weighted by molar-refractivity contribution is 0.0374. The molecule has 1 aliphatic carbocycles. The van der Waals surface area contributed by atoms with Crippen molar-refractivity contribution in [3.63, 3.8) is 0 Å². The predicted molar refractivity (Wildman–Crippen MR) is 133 cm³/mol. The zero-order valence-electron chi connectivity index (χ0n) is 19.5. The number of carbonyl (C=O) groups excluding carboxylic acids is 2. The van der Waals surface area contributed by atoms with Crippen LogP contribution in [0.25, 0.3) is 5.69 Å². The lowest BCUT2D eigenvalue weighted by Crippen LogP contribution is -2.40. The zero-order chi connectivity index (χ0) is 24.5. The molecule has 9 heteroatoms. The van der Waals surface area contributed by atoms with Crippen molar-refractivity contribution in [1.29, 1.82) is 0 Å². The number of aromatic nitrogens is 1. The summed E-state index contributed by atoms with van der Waals surface area (Å²) in [6.45, 7) is 8.47. The van der Waals surface area contributed by atoms with Crippen LogP contribution in [0.1, 0.15) is 53.1 Å². The van der Waals surface area contributed by atoms with Gasteiger partial charge in [-0.15, -0.1) is 0 Å². The first-order valence-electron chi connectivity index (χ1n) is 11.5. The van der Waals surface area contributed by atoms with Crippen LogP contribution in [0, 0.1) is 5.41 Å². The molecule has 1 aromatic carbocycles. The van der Waals surface area contributed by atoms with Gasteiger partial charge in [0.15, 0.2) is 5.78 Å². The zero-order valence-corrected chi connectivity index (χ0v) is 21.0. The van der Waals surface area contributed by atoms with Crippen molar-refractivity contribution in [3.8, 4) is 5.69 Å². The number of Topliss-reactive ketones (excluding diaryl/α,β-unsaturated/α-hetero) is 1. The second-order valence-electron chi connectivity index (χ2n) is 9.66. The molecule has 2 heterocycles. The number of hydrogen-bond donors (Lipinski definition) is 1. The Hall–Kier alpha value is -2.19. The fourth-order valence-electron chi connectivity index (χ4n) is 4.60. The van der Waals surface area contributed by atoms with E-state index in [4.69, 9.17) is 27.9 Å². The average molecular weight is 506 g/mol. The Morgan fingerprint density at radius 1 is 1.09 bits per heavy atom. The van der Waals surface area contributed by atoms with E-state index in [2.05, 4.69) is 10.2 Å². The minimum Gasteiger partial charge on any atom is -0.379 e. The minimum atomic E-state index is -0.485. The van der Waals surface area contributed by atoms with Crippen LogP contribution in [-0.2, 0) is 11.2 Å². The Labute approximate surface area is 209 Å². The summed E-state index contributed by atoms with van der Waals surface area (Å²) >= 11 is 12.3. The molecule has 0 radical (unpaired) electrons. The minimum absolute atomic E-state index is 0.0516. The number of benzene rings is 1. The third kappa shape index (κ3) is 5.38. The highest BCUT2D eigenvalue weighted by Gasteiger charge is 2.35. The van der Waals surface area contributed by atoms with Crippen LogP contribution in [0.5, 0.6) is 0 Å². The van der Waals surface area contributed by atoms with Gasteiger partial charge in [-0.25, -0.2) is 0 Å². The van der Waals surface area contributed by atoms with Crippen molar-refractivity contribution in [2.24, 2.45) is 5.41 Å². The van der Waals surface area contributed by atoms with E-state index < -0.39 is 11.5 Å². The van der Waals surface area contributed by atoms with Gasteiger partial charge in [0.05, 0.1) is 28.9 Å². The summed E-state index contributed by atoms with van der Waals surface area (Å²) in [5.41, 5.74) is 0.634. The smallest absolute Gasteiger partial charge is 0.268 e. The second-order valence-corrected chi connectivity index (χ2v) is 10.5. The third-order valence-corrected chi connectivity index (χ3v) is 7.07. The summed E-state index contributed by atoms with van der Waals surface area (Å²) in [5.74, 6) is -0.567. The summed E-state index contributed by atoms with van der Waals surface area (Å²) < 4.78 is 6.80. The molecule has 0 unspecified atom stereocenters. The van der Waals surface area contributed by atoms with Crippen molar-refractivity contribution in [1.82, 2.24) is 14.8 Å². The fraction of sp³-hybridized carbons (Fsp3) is 0.480. The number of halogens is 2. The number of nitrogens with zero attached hydrogens (tertiary/aromatic N) is 2. The van der Waals surface area contributed by atoms with Crippen molar-refractivity contribution in [2.75, 3.05) is 39.4 Å². The molecule has 7 nitrogen and oxygen atoms in total. The van der Waals surface area contributed by atoms with Crippen LogP contribution >= 0.6 is 23.2 Å². The lowest BCUT2D eigenvalue weighted by Gasteiger charge is -2.32. The number of rotatable bonds is 6. The van der Waals surface area contributed by atoms with Crippen molar-refractivity contribution in [3.05, 3.63) is 61.5 Å². The molecule has 34 heavy (non-hydrogen) atoms. The maximum Gasteiger partial charge on any atom is 0.268 e. The molecular formula is C25H29Cl2N3O4. The van der Waals surface area contributed by atoms with Gasteiger partial charge in [0, 0.05) is 37.3 Å². The number of hydrogen-bond acceptors (Lipinski definition) is 5. The van der Waals surface area contributed by atoms with Crippen molar-refractivity contribution >= 4 is 34.9 Å². The van der Waals surface area contributed by atoms with Crippen molar-refractivity contribution < 1.29 is 14.3 Å². The predicted octanol–water partition coefficient (Wildman–Crippen LogP) is 3.75. The van der Waals surface area contributed by atoms with Gasteiger partial charge in [0.25, 0.3) is 11.5 Å². The van der Waals surface area contributed by atoms with Crippen molar-refractivity contribution in [2.45, 2.75) is 33.1 Å². The molecule has 2 aliphatic rings. The number of morpholine rings is 1. The van der Waals surface area contributed by atoms with E-state index in [9.17, 15) is 14.4 Å². The van der Waals surface area contributed by atoms with Gasteiger partial charge in [-0.3, -0.25) is 23.9 Å². The van der Waals surface area contributed by atoms with E-state index in [-0.39, 0.29) is 16.8 Å². The number of amides is 1. The van der Waals surface area contributed by atoms with E-state index in [0.717, 1.165) is 39.3 Å². The normalized spacial score (nSPS) is 17.9. The molecule has 1 aliphatic heterocycles. The highest BCUT2D eigenvalue weighted by Crippen LogP contribution is 2.36. The summed E-state index contributed by atoms with van der Waals surface area (Å²) in [6.07, 6.45) is 1.62. The standard InChI is InChI=1S/C25H29Cl2N3O4/c1-25(2)14-21-17(22(31)15-25)13-18(23(32)28-6-3-7-29-8-10-34-11-9-29)24(33)30(21)16-4-5-19(26)20(27)12-16/h4-5,12-13H,3,6-11,14-15H2,1-2H3,(H,28,32). The highest BCUT2D eigenvalue weighted by atomic mass is 35.5. The van der Waals surface area contributed by atoms with E-state index in [0.29, 0.717) is 46.4 Å². The molecule has 4 rings (SSSR count). The number of nitrogens with one attached hydrogen (secondary N) is 1. The molecule has 0 bridgehead atoms. The Kier molecular flexibility index (Phi) is 7.48. The van der Waals surface area contributed by atoms with Crippen LogP contribution < -0.4 is 10.9 Å². The number of fused-ring (bicyclic) bond motifs is 1. The molecule has 182 valence electrons. The Morgan fingerprint density at radius 2 is 1.82 bits per heavy atom. The van der Waals surface area contributed by atoms with Gasteiger partial charge in [0.1, 0.15) is 5.56 Å². The molecule has 0 spiro atoms. The fourth-order valence-corrected chi connectivity index (χ4v) is 4.89. The maximum atomic E-state index is 13.6. The Morgan fingerprint density at radius 3 is 2.53 bits per heavy atom. The largest absolute Gasteiger partial charge is 0.379 e. The summed E-state index contributed by atoms with van der Waals surface area (Å²) in [5, 5.41) is 3.50. The van der Waals surface area contributed by atoms with E-state index >= 15 is 0 Å². The number of carbonyl (C=O) groups is 2. The van der Waals surface area contributed by atoms with Crippen LogP contribution in [0.2, 0.25) is 10.0 Å². The first kappa shape index (κ1) is 24.9. The topological polar surface area (TPSA) is 80.6 Å². The molecule has 0 saturated carbocycles. The average Bonchev–Trinajstić information content (AvgIpc) is 2.78.